The van der Waals surface area contributed by atoms with Crippen LogP contribution in [0.5, 0.6) is 17.2 Å². The van der Waals surface area contributed by atoms with Crippen LogP contribution in [0, 0.1) is 0 Å². The molecule has 0 aromatic heterocycles. The summed E-state index contributed by atoms with van der Waals surface area (Å²) in [6, 6.07) is 1.71. The Balaban J connectivity index is 3.40. The summed E-state index contributed by atoms with van der Waals surface area (Å²) in [7, 11) is 2.96. The van der Waals surface area contributed by atoms with Crippen molar-refractivity contribution in [3.05, 3.63) is 16.1 Å². The van der Waals surface area contributed by atoms with Crippen molar-refractivity contribution in [1.29, 1.82) is 0 Å². The molecule has 0 saturated heterocycles. The lowest BCUT2D eigenvalue weighted by Gasteiger charge is -2.17. The smallest absolute Gasteiger partial charge is 0.203 e. The minimum absolute atomic E-state index is 0.00437. The normalized spacial score (nSPS) is 12.3. The summed E-state index contributed by atoms with van der Waals surface area (Å²) < 4.78 is 10.9. The first-order valence-corrected chi connectivity index (χ1v) is 5.60. The highest BCUT2D eigenvalue weighted by atomic mass is 79.9. The lowest BCUT2D eigenvalue weighted by atomic mass is 10.0. The van der Waals surface area contributed by atoms with Crippen LogP contribution in [0.15, 0.2) is 10.5 Å². The standard InChI is InChI=1S/C11H15BrO4/c1-6(5-13)9-7(12)4-8(15-2)11(16-3)10(9)14/h4,6,13-14H,5H2,1-3H3. The number of aromatic hydroxyl groups is 1. The Morgan fingerprint density at radius 1 is 1.38 bits per heavy atom. The zero-order valence-corrected chi connectivity index (χ0v) is 11.0. The van der Waals surface area contributed by atoms with Gasteiger partial charge in [-0.15, -0.1) is 0 Å². The molecule has 1 atom stereocenters. The SMILES string of the molecule is COc1cc(Br)c(C(C)CO)c(O)c1OC. The van der Waals surface area contributed by atoms with Crippen molar-refractivity contribution in [2.24, 2.45) is 0 Å². The molecule has 1 aromatic rings. The Bertz CT molecular complexity index is 379. The van der Waals surface area contributed by atoms with Gasteiger partial charge < -0.3 is 19.7 Å². The average molecular weight is 291 g/mol. The van der Waals surface area contributed by atoms with Gasteiger partial charge in [-0.3, -0.25) is 0 Å². The maximum absolute atomic E-state index is 10.0. The van der Waals surface area contributed by atoms with Gasteiger partial charge in [0.25, 0.3) is 0 Å². The average Bonchev–Trinajstić information content (AvgIpc) is 2.27. The molecule has 90 valence electrons. The minimum atomic E-state index is -0.186. The zero-order chi connectivity index (χ0) is 12.3. The van der Waals surface area contributed by atoms with Crippen molar-refractivity contribution >= 4 is 15.9 Å². The molecule has 16 heavy (non-hydrogen) atoms. The minimum Gasteiger partial charge on any atom is -0.504 e. The number of ether oxygens (including phenoxy) is 2. The van der Waals surface area contributed by atoms with Crippen LogP contribution in [0.25, 0.3) is 0 Å². The number of phenols is 1. The van der Waals surface area contributed by atoms with Crippen LogP contribution < -0.4 is 9.47 Å². The highest BCUT2D eigenvalue weighted by Crippen LogP contribution is 2.45. The predicted molar refractivity (Wildman–Crippen MR) is 64.4 cm³/mol. The molecular weight excluding hydrogens is 276 g/mol. The monoisotopic (exact) mass is 290 g/mol. The Morgan fingerprint density at radius 3 is 2.44 bits per heavy atom. The van der Waals surface area contributed by atoms with Gasteiger partial charge in [-0.25, -0.2) is 0 Å². The van der Waals surface area contributed by atoms with E-state index in [-0.39, 0.29) is 24.0 Å². The van der Waals surface area contributed by atoms with E-state index in [1.807, 2.05) is 6.92 Å². The van der Waals surface area contributed by atoms with Gasteiger partial charge in [0, 0.05) is 22.6 Å². The van der Waals surface area contributed by atoms with E-state index in [0.29, 0.717) is 15.8 Å². The predicted octanol–water partition coefficient (Wildman–Crippen LogP) is 2.27. The fourth-order valence-electron chi connectivity index (χ4n) is 1.52. The van der Waals surface area contributed by atoms with Crippen molar-refractivity contribution in [2.45, 2.75) is 12.8 Å². The molecule has 0 radical (unpaired) electrons. The number of hydrogen-bond acceptors (Lipinski definition) is 4. The van der Waals surface area contributed by atoms with Crippen LogP contribution in [0.1, 0.15) is 18.4 Å². The Labute approximate surface area is 103 Å². The van der Waals surface area contributed by atoms with Crippen molar-refractivity contribution < 1.29 is 19.7 Å². The van der Waals surface area contributed by atoms with Crippen LogP contribution in [0.3, 0.4) is 0 Å². The molecular formula is C11H15BrO4. The van der Waals surface area contributed by atoms with Gasteiger partial charge in [0.05, 0.1) is 14.2 Å². The van der Waals surface area contributed by atoms with Crippen LogP contribution >= 0.6 is 15.9 Å². The number of aliphatic hydroxyl groups excluding tert-OH is 1. The first kappa shape index (κ1) is 13.1. The van der Waals surface area contributed by atoms with E-state index >= 15 is 0 Å². The van der Waals surface area contributed by atoms with Crippen molar-refractivity contribution in [2.75, 3.05) is 20.8 Å². The molecule has 0 bridgehead atoms. The number of hydrogen-bond donors (Lipinski definition) is 2. The number of benzene rings is 1. The second-order valence-electron chi connectivity index (χ2n) is 3.44. The number of phenolic OH excluding ortho intramolecular Hbond substituents is 1. The maximum atomic E-state index is 10.0. The van der Waals surface area contributed by atoms with E-state index in [1.54, 1.807) is 6.07 Å². The van der Waals surface area contributed by atoms with Crippen molar-refractivity contribution in [1.82, 2.24) is 0 Å². The zero-order valence-electron chi connectivity index (χ0n) is 9.45. The van der Waals surface area contributed by atoms with Crippen LogP contribution in [0.2, 0.25) is 0 Å². The Hall–Kier alpha value is -0.940. The molecule has 5 heteroatoms. The van der Waals surface area contributed by atoms with Gasteiger partial charge in [-0.1, -0.05) is 22.9 Å². The van der Waals surface area contributed by atoms with Gasteiger partial charge >= 0.3 is 0 Å². The van der Waals surface area contributed by atoms with Gasteiger partial charge in [0.1, 0.15) is 0 Å². The third-order valence-electron chi connectivity index (χ3n) is 2.40. The molecule has 0 aliphatic carbocycles. The molecule has 0 heterocycles. The molecule has 2 N–H and O–H groups in total. The molecule has 1 rings (SSSR count). The molecule has 4 nitrogen and oxygen atoms in total. The summed E-state index contributed by atoms with van der Waals surface area (Å²) in [6.45, 7) is 1.76. The highest BCUT2D eigenvalue weighted by molar-refractivity contribution is 9.10. The van der Waals surface area contributed by atoms with Crippen LogP contribution in [-0.4, -0.2) is 31.0 Å². The molecule has 0 amide bonds. The molecule has 0 aliphatic rings. The van der Waals surface area contributed by atoms with E-state index < -0.39 is 0 Å². The third-order valence-corrected chi connectivity index (χ3v) is 3.06. The number of aliphatic hydroxyl groups is 1. The Kier molecular flexibility index (Phi) is 4.44. The van der Waals surface area contributed by atoms with Crippen LogP contribution in [0.4, 0.5) is 0 Å². The summed E-state index contributed by atoms with van der Waals surface area (Å²) in [5.74, 6) is 0.534. The molecule has 0 spiro atoms. The lowest BCUT2D eigenvalue weighted by Crippen LogP contribution is -2.02. The fourth-order valence-corrected chi connectivity index (χ4v) is 2.31. The van der Waals surface area contributed by atoms with Crippen molar-refractivity contribution in [3.63, 3.8) is 0 Å². The van der Waals surface area contributed by atoms with E-state index in [0.717, 1.165) is 0 Å². The molecule has 0 fully saturated rings. The first-order valence-electron chi connectivity index (χ1n) is 4.81. The molecule has 1 unspecified atom stereocenters. The summed E-state index contributed by atoms with van der Waals surface area (Å²) in [5.41, 5.74) is 0.611. The lowest BCUT2D eigenvalue weighted by molar-refractivity contribution is 0.267. The second-order valence-corrected chi connectivity index (χ2v) is 4.29. The van der Waals surface area contributed by atoms with Gasteiger partial charge in [0.15, 0.2) is 11.5 Å². The van der Waals surface area contributed by atoms with E-state index in [2.05, 4.69) is 15.9 Å². The van der Waals surface area contributed by atoms with Crippen LogP contribution in [-0.2, 0) is 0 Å². The first-order chi connectivity index (χ1) is 7.56. The molecule has 0 aliphatic heterocycles. The second kappa shape index (κ2) is 5.41. The summed E-state index contributed by atoms with van der Waals surface area (Å²) in [5, 5.41) is 19.2. The third kappa shape index (κ3) is 2.25. The summed E-state index contributed by atoms with van der Waals surface area (Å²) in [4.78, 5) is 0. The van der Waals surface area contributed by atoms with E-state index in [1.165, 1.54) is 14.2 Å². The quantitative estimate of drug-likeness (QED) is 0.893. The number of rotatable bonds is 4. The topological polar surface area (TPSA) is 58.9 Å². The fraction of sp³-hybridized carbons (Fsp3) is 0.455. The maximum Gasteiger partial charge on any atom is 0.203 e. The molecule has 1 aromatic carbocycles. The summed E-state index contributed by atoms with van der Waals surface area (Å²) in [6.07, 6.45) is 0. The van der Waals surface area contributed by atoms with Gasteiger partial charge in [0.2, 0.25) is 5.75 Å². The largest absolute Gasteiger partial charge is 0.504 e. The van der Waals surface area contributed by atoms with Gasteiger partial charge in [-0.2, -0.15) is 0 Å². The van der Waals surface area contributed by atoms with Gasteiger partial charge in [-0.05, 0) is 6.07 Å². The highest BCUT2D eigenvalue weighted by Gasteiger charge is 2.21. The number of methoxy groups -OCH3 is 2. The van der Waals surface area contributed by atoms with E-state index in [9.17, 15) is 5.11 Å². The summed E-state index contributed by atoms with van der Waals surface area (Å²) >= 11 is 3.34. The molecule has 0 saturated carbocycles. The number of halogens is 1. The van der Waals surface area contributed by atoms with E-state index in [4.69, 9.17) is 14.6 Å². The van der Waals surface area contributed by atoms with Crippen molar-refractivity contribution in [3.8, 4) is 17.2 Å². The Morgan fingerprint density at radius 2 is 2.00 bits per heavy atom.